The van der Waals surface area contributed by atoms with Crippen LogP contribution in [0.15, 0.2) is 0 Å². The molecule has 0 radical (unpaired) electrons. The van der Waals surface area contributed by atoms with Crippen molar-refractivity contribution in [3.63, 3.8) is 0 Å². The highest BCUT2D eigenvalue weighted by Gasteiger charge is 2.39. The normalized spacial score (nSPS) is 24.1. The van der Waals surface area contributed by atoms with Gasteiger partial charge >= 0.3 is 0 Å². The first kappa shape index (κ1) is 11.8. The Balaban J connectivity index is 0.000000980. The van der Waals surface area contributed by atoms with Gasteiger partial charge in [-0.05, 0) is 12.8 Å². The molecule has 2 N–H and O–H groups in total. The maximum absolute atomic E-state index is 11.7. The first-order valence-corrected chi connectivity index (χ1v) is 5.20. The quantitative estimate of drug-likeness (QED) is 0.740. The molecule has 0 atom stereocenters. The van der Waals surface area contributed by atoms with E-state index in [4.69, 9.17) is 0 Å². The van der Waals surface area contributed by atoms with Crippen LogP contribution in [-0.4, -0.2) is 25.5 Å². The zero-order valence-electron chi connectivity index (χ0n) is 8.64. The van der Waals surface area contributed by atoms with Crippen molar-refractivity contribution < 1.29 is 4.79 Å². The predicted octanol–water partition coefficient (Wildman–Crippen LogP) is 0.934. The Labute approximate surface area is 91.4 Å². The van der Waals surface area contributed by atoms with Gasteiger partial charge in [0.25, 0.3) is 0 Å². The van der Waals surface area contributed by atoms with Crippen molar-refractivity contribution in [3.8, 4) is 0 Å². The van der Waals surface area contributed by atoms with Crippen LogP contribution < -0.4 is 10.6 Å². The minimum absolute atomic E-state index is 0. The summed E-state index contributed by atoms with van der Waals surface area (Å²) in [4.78, 5) is 11.7. The monoisotopic (exact) mass is 218 g/mol. The van der Waals surface area contributed by atoms with Crippen molar-refractivity contribution in [2.24, 2.45) is 11.3 Å². The van der Waals surface area contributed by atoms with Crippen molar-refractivity contribution in [2.45, 2.75) is 26.2 Å². The summed E-state index contributed by atoms with van der Waals surface area (Å²) in [6.45, 7) is 5.07. The number of halogens is 1. The zero-order valence-corrected chi connectivity index (χ0v) is 9.45. The number of carbonyl (C=O) groups is 1. The molecule has 2 aliphatic rings. The fourth-order valence-electron chi connectivity index (χ4n) is 1.88. The van der Waals surface area contributed by atoms with E-state index in [0.717, 1.165) is 32.5 Å². The highest BCUT2D eigenvalue weighted by Crippen LogP contribution is 2.40. The van der Waals surface area contributed by atoms with Gasteiger partial charge in [-0.15, -0.1) is 12.4 Å². The number of hydrogen-bond donors (Lipinski definition) is 2. The van der Waals surface area contributed by atoms with Gasteiger partial charge in [-0.25, -0.2) is 0 Å². The predicted molar refractivity (Wildman–Crippen MR) is 58.6 cm³/mol. The lowest BCUT2D eigenvalue weighted by Crippen LogP contribution is -2.51. The molecule has 82 valence electrons. The van der Waals surface area contributed by atoms with Crippen molar-refractivity contribution >= 4 is 18.3 Å². The molecule has 1 aliphatic carbocycles. The lowest BCUT2D eigenvalue weighted by molar-refractivity contribution is -0.134. The topological polar surface area (TPSA) is 41.1 Å². The van der Waals surface area contributed by atoms with Gasteiger partial charge in [0.2, 0.25) is 5.91 Å². The van der Waals surface area contributed by atoms with Crippen LogP contribution in [0.4, 0.5) is 0 Å². The third-order valence-electron chi connectivity index (χ3n) is 3.42. The average molecular weight is 219 g/mol. The second-order valence-corrected chi connectivity index (χ2v) is 4.65. The van der Waals surface area contributed by atoms with Crippen molar-refractivity contribution in [1.29, 1.82) is 0 Å². The first-order chi connectivity index (χ1) is 6.21. The van der Waals surface area contributed by atoms with E-state index in [1.807, 2.05) is 0 Å². The van der Waals surface area contributed by atoms with Gasteiger partial charge in [0, 0.05) is 31.0 Å². The van der Waals surface area contributed by atoms with Crippen LogP contribution in [0.3, 0.4) is 0 Å². The Hall–Kier alpha value is -0.280. The molecule has 3 nitrogen and oxygen atoms in total. The van der Waals surface area contributed by atoms with Crippen LogP contribution in [0.2, 0.25) is 0 Å². The second kappa shape index (κ2) is 4.49. The maximum Gasteiger partial charge on any atom is 0.225 e. The third kappa shape index (κ3) is 2.20. The highest BCUT2D eigenvalue weighted by molar-refractivity contribution is 5.85. The Morgan fingerprint density at radius 1 is 1.50 bits per heavy atom. The van der Waals surface area contributed by atoms with Crippen LogP contribution in [0.25, 0.3) is 0 Å². The van der Waals surface area contributed by atoms with Gasteiger partial charge in [0.15, 0.2) is 0 Å². The molecule has 2 fully saturated rings. The zero-order chi connectivity index (χ0) is 9.31. The van der Waals surface area contributed by atoms with E-state index in [9.17, 15) is 4.79 Å². The molecule has 0 bridgehead atoms. The number of nitrogens with one attached hydrogen (secondary N) is 2. The Bertz CT molecular complexity index is 212. The summed E-state index contributed by atoms with van der Waals surface area (Å²) >= 11 is 0. The SMILES string of the molecule is CC1(C(=O)NCC2CNC2)CCC1.Cl. The molecule has 0 aromatic heterocycles. The van der Waals surface area contributed by atoms with Crippen molar-refractivity contribution in [3.05, 3.63) is 0 Å². The molecule has 1 saturated heterocycles. The van der Waals surface area contributed by atoms with Crippen molar-refractivity contribution in [2.75, 3.05) is 19.6 Å². The maximum atomic E-state index is 11.7. The molecule has 1 heterocycles. The summed E-state index contributed by atoms with van der Waals surface area (Å²) < 4.78 is 0. The van der Waals surface area contributed by atoms with Crippen LogP contribution in [0.1, 0.15) is 26.2 Å². The third-order valence-corrected chi connectivity index (χ3v) is 3.42. The molecule has 0 unspecified atom stereocenters. The largest absolute Gasteiger partial charge is 0.355 e. The molecular formula is C10H19ClN2O. The van der Waals surface area contributed by atoms with Gasteiger partial charge in [-0.3, -0.25) is 4.79 Å². The summed E-state index contributed by atoms with van der Waals surface area (Å²) in [5, 5.41) is 6.25. The summed E-state index contributed by atoms with van der Waals surface area (Å²) in [5.41, 5.74) is -0.0306. The van der Waals surface area contributed by atoms with E-state index in [2.05, 4.69) is 17.6 Å². The molecular weight excluding hydrogens is 200 g/mol. The molecule has 1 amide bonds. The number of rotatable bonds is 3. The molecule has 1 saturated carbocycles. The lowest BCUT2D eigenvalue weighted by Gasteiger charge is -2.37. The van der Waals surface area contributed by atoms with Gasteiger partial charge in [-0.1, -0.05) is 13.3 Å². The van der Waals surface area contributed by atoms with Crippen LogP contribution >= 0.6 is 12.4 Å². The van der Waals surface area contributed by atoms with Crippen molar-refractivity contribution in [1.82, 2.24) is 10.6 Å². The average Bonchev–Trinajstić information content (AvgIpc) is 1.97. The van der Waals surface area contributed by atoms with E-state index in [0.29, 0.717) is 5.92 Å². The second-order valence-electron chi connectivity index (χ2n) is 4.65. The van der Waals surface area contributed by atoms with Gasteiger partial charge < -0.3 is 10.6 Å². The molecule has 1 aliphatic heterocycles. The molecule has 0 spiro atoms. The minimum atomic E-state index is -0.0306. The molecule has 4 heteroatoms. The van der Waals surface area contributed by atoms with Gasteiger partial charge in [0.1, 0.15) is 0 Å². The molecule has 0 aromatic carbocycles. The van der Waals surface area contributed by atoms with Gasteiger partial charge in [-0.2, -0.15) is 0 Å². The van der Waals surface area contributed by atoms with Crippen LogP contribution in [-0.2, 0) is 4.79 Å². The summed E-state index contributed by atoms with van der Waals surface area (Å²) in [5.74, 6) is 0.943. The summed E-state index contributed by atoms with van der Waals surface area (Å²) in [6, 6.07) is 0. The fourth-order valence-corrected chi connectivity index (χ4v) is 1.88. The standard InChI is InChI=1S/C10H18N2O.ClH/c1-10(3-2-4-10)9(13)12-7-8-5-11-6-8;/h8,11H,2-7H2,1H3,(H,12,13);1H. The number of amides is 1. The van der Waals surface area contributed by atoms with Gasteiger partial charge in [0.05, 0.1) is 0 Å². The van der Waals surface area contributed by atoms with E-state index in [-0.39, 0.29) is 23.7 Å². The molecule has 2 rings (SSSR count). The van der Waals surface area contributed by atoms with E-state index in [1.54, 1.807) is 0 Å². The lowest BCUT2D eigenvalue weighted by atomic mass is 9.70. The number of carbonyl (C=O) groups excluding carboxylic acids is 1. The first-order valence-electron chi connectivity index (χ1n) is 5.20. The molecule has 14 heavy (non-hydrogen) atoms. The van der Waals surface area contributed by atoms with Crippen LogP contribution in [0.5, 0.6) is 0 Å². The van der Waals surface area contributed by atoms with E-state index >= 15 is 0 Å². The summed E-state index contributed by atoms with van der Waals surface area (Å²) in [6.07, 6.45) is 3.36. The van der Waals surface area contributed by atoms with E-state index in [1.165, 1.54) is 6.42 Å². The van der Waals surface area contributed by atoms with Crippen LogP contribution in [0, 0.1) is 11.3 Å². The number of hydrogen-bond acceptors (Lipinski definition) is 2. The smallest absolute Gasteiger partial charge is 0.225 e. The molecule has 0 aromatic rings. The minimum Gasteiger partial charge on any atom is -0.355 e. The fraction of sp³-hybridized carbons (Fsp3) is 0.900. The Morgan fingerprint density at radius 3 is 2.50 bits per heavy atom. The Kier molecular flexibility index (Phi) is 3.78. The Morgan fingerprint density at radius 2 is 2.14 bits per heavy atom. The van der Waals surface area contributed by atoms with E-state index < -0.39 is 0 Å². The highest BCUT2D eigenvalue weighted by atomic mass is 35.5. The summed E-state index contributed by atoms with van der Waals surface area (Å²) in [7, 11) is 0.